The van der Waals surface area contributed by atoms with Crippen molar-refractivity contribution in [3.63, 3.8) is 0 Å². The first-order valence-corrected chi connectivity index (χ1v) is 14.9. The van der Waals surface area contributed by atoms with Gasteiger partial charge in [0, 0.05) is 27.3 Å². The summed E-state index contributed by atoms with van der Waals surface area (Å²) in [4.78, 5) is 20.0. The van der Waals surface area contributed by atoms with Crippen LogP contribution in [-0.4, -0.2) is 19.9 Å². The number of furan rings is 1. The minimum atomic E-state index is 0.518. The fourth-order valence-corrected chi connectivity index (χ4v) is 6.07. The first-order chi connectivity index (χ1) is 22.3. The summed E-state index contributed by atoms with van der Waals surface area (Å²) in [6, 6.07) is 49.6. The highest BCUT2D eigenvalue weighted by atomic mass is 16.3. The van der Waals surface area contributed by atoms with Gasteiger partial charge >= 0.3 is 0 Å². The van der Waals surface area contributed by atoms with E-state index in [-0.39, 0.29) is 0 Å². The fourth-order valence-electron chi connectivity index (χ4n) is 6.07. The van der Waals surface area contributed by atoms with Gasteiger partial charge in [0.25, 0.3) is 0 Å². The van der Waals surface area contributed by atoms with Crippen molar-refractivity contribution in [2.45, 2.75) is 0 Å². The molecule has 0 saturated heterocycles. The van der Waals surface area contributed by atoms with Crippen molar-refractivity contribution in [2.24, 2.45) is 0 Å². The van der Waals surface area contributed by atoms with Crippen LogP contribution in [0.5, 0.6) is 0 Å². The average Bonchev–Trinajstić information content (AvgIpc) is 3.50. The maximum Gasteiger partial charge on any atom is 0.182 e. The molecule has 0 saturated carbocycles. The van der Waals surface area contributed by atoms with Crippen LogP contribution in [-0.2, 0) is 0 Å². The lowest BCUT2D eigenvalue weighted by Crippen LogP contribution is -2.01. The number of aromatic nitrogens is 4. The molecule has 3 aromatic heterocycles. The molecule has 0 aliphatic rings. The molecule has 5 nitrogen and oxygen atoms in total. The van der Waals surface area contributed by atoms with Gasteiger partial charge in [-0.25, -0.2) is 19.9 Å². The van der Waals surface area contributed by atoms with Crippen LogP contribution in [0.4, 0.5) is 0 Å². The molecule has 5 heteroatoms. The molecule has 0 atom stereocenters. The molecular formula is C40H24N4O. The molecule has 0 unspecified atom stereocenters. The van der Waals surface area contributed by atoms with Crippen LogP contribution in [0.1, 0.15) is 0 Å². The molecule has 6 aromatic carbocycles. The molecule has 9 aromatic rings. The summed E-state index contributed by atoms with van der Waals surface area (Å²) in [7, 11) is 0. The lowest BCUT2D eigenvalue weighted by Gasteiger charge is -2.10. The van der Waals surface area contributed by atoms with Gasteiger partial charge < -0.3 is 4.42 Å². The fraction of sp³-hybridized carbons (Fsp3) is 0. The Bertz CT molecular complexity index is 2550. The van der Waals surface area contributed by atoms with Gasteiger partial charge in [0.05, 0.1) is 5.52 Å². The number of fused-ring (bicyclic) bond motifs is 5. The van der Waals surface area contributed by atoms with E-state index in [9.17, 15) is 0 Å². The summed E-state index contributed by atoms with van der Waals surface area (Å²) in [5, 5.41) is 5.51. The molecule has 0 aliphatic carbocycles. The van der Waals surface area contributed by atoms with Gasteiger partial charge in [-0.2, -0.15) is 0 Å². The zero-order valence-electron chi connectivity index (χ0n) is 24.1. The van der Waals surface area contributed by atoms with Crippen molar-refractivity contribution < 1.29 is 4.42 Å². The quantitative estimate of drug-likeness (QED) is 0.209. The smallest absolute Gasteiger partial charge is 0.182 e. The van der Waals surface area contributed by atoms with E-state index in [0.29, 0.717) is 23.2 Å². The summed E-state index contributed by atoms with van der Waals surface area (Å²) < 4.78 is 6.19. The summed E-state index contributed by atoms with van der Waals surface area (Å²) in [5.41, 5.74) is 7.28. The van der Waals surface area contributed by atoms with E-state index < -0.39 is 0 Å². The Morgan fingerprint density at radius 2 is 1.07 bits per heavy atom. The third-order valence-corrected chi connectivity index (χ3v) is 8.33. The summed E-state index contributed by atoms with van der Waals surface area (Å²) in [5.74, 6) is 1.67. The third kappa shape index (κ3) is 4.41. The molecule has 45 heavy (non-hydrogen) atoms. The molecule has 3 heterocycles. The van der Waals surface area contributed by atoms with Gasteiger partial charge in [0.15, 0.2) is 17.5 Å². The highest BCUT2D eigenvalue weighted by molar-refractivity contribution is 6.11. The number of para-hydroxylation sites is 2. The van der Waals surface area contributed by atoms with E-state index in [4.69, 9.17) is 24.4 Å². The SMILES string of the molecule is c1ccc2cc(-c3ccc(-c4nc(-c5ccc6ccccc6n5)nc(-c5cccc6oc7ccccc7c56)n4)cc3)ccc2c1. The first kappa shape index (κ1) is 25.3. The minimum Gasteiger partial charge on any atom is -0.456 e. The van der Waals surface area contributed by atoms with Gasteiger partial charge in [0.2, 0.25) is 0 Å². The average molecular weight is 577 g/mol. The third-order valence-electron chi connectivity index (χ3n) is 8.33. The molecule has 9 rings (SSSR count). The number of hydrogen-bond acceptors (Lipinski definition) is 5. The standard InChI is InChI=1S/C40H24N4O/c1-2-10-29-24-30(21-18-25(29)8-1)26-16-19-28(20-17-26)38-42-39(32-12-7-15-36-37(32)31-11-4-6-14-35(31)45-36)44-40(43-38)34-23-22-27-9-3-5-13-33(27)41-34/h1-24H. The number of benzene rings is 6. The lowest BCUT2D eigenvalue weighted by molar-refractivity contribution is 0.669. The Balaban J connectivity index is 1.21. The molecule has 0 fully saturated rings. The van der Waals surface area contributed by atoms with Crippen LogP contribution in [0.3, 0.4) is 0 Å². The predicted molar refractivity (Wildman–Crippen MR) is 182 cm³/mol. The van der Waals surface area contributed by atoms with Gasteiger partial charge in [-0.15, -0.1) is 0 Å². The van der Waals surface area contributed by atoms with E-state index in [1.165, 1.54) is 10.8 Å². The normalized spacial score (nSPS) is 11.6. The Hall–Kier alpha value is -6.20. The van der Waals surface area contributed by atoms with E-state index in [0.717, 1.165) is 55.1 Å². The van der Waals surface area contributed by atoms with Gasteiger partial charge in [0.1, 0.15) is 16.9 Å². The van der Waals surface area contributed by atoms with Crippen LogP contribution >= 0.6 is 0 Å². The van der Waals surface area contributed by atoms with Crippen LogP contribution in [0.2, 0.25) is 0 Å². The predicted octanol–water partition coefficient (Wildman–Crippen LogP) is 10.1. The number of hydrogen-bond donors (Lipinski definition) is 0. The zero-order chi connectivity index (χ0) is 29.7. The Labute approximate surface area is 258 Å². The van der Waals surface area contributed by atoms with E-state index >= 15 is 0 Å². The molecule has 210 valence electrons. The molecule has 0 amide bonds. The molecule has 0 spiro atoms. The first-order valence-electron chi connectivity index (χ1n) is 14.9. The van der Waals surface area contributed by atoms with Crippen molar-refractivity contribution in [2.75, 3.05) is 0 Å². The van der Waals surface area contributed by atoms with Crippen molar-refractivity contribution in [1.82, 2.24) is 19.9 Å². The van der Waals surface area contributed by atoms with Gasteiger partial charge in [-0.1, -0.05) is 115 Å². The second-order valence-corrected chi connectivity index (χ2v) is 11.1. The maximum atomic E-state index is 6.19. The van der Waals surface area contributed by atoms with Crippen LogP contribution in [0.15, 0.2) is 150 Å². The highest BCUT2D eigenvalue weighted by Gasteiger charge is 2.18. The number of pyridine rings is 1. The molecule has 0 aliphatic heterocycles. The second kappa shape index (κ2) is 10.2. The molecular weight excluding hydrogens is 552 g/mol. The van der Waals surface area contributed by atoms with E-state index in [1.54, 1.807) is 0 Å². The monoisotopic (exact) mass is 576 g/mol. The van der Waals surface area contributed by atoms with Crippen molar-refractivity contribution in [3.8, 4) is 45.4 Å². The largest absolute Gasteiger partial charge is 0.456 e. The minimum absolute atomic E-state index is 0.518. The van der Waals surface area contributed by atoms with Crippen molar-refractivity contribution in [3.05, 3.63) is 146 Å². The van der Waals surface area contributed by atoms with Crippen LogP contribution < -0.4 is 0 Å². The molecule has 0 bridgehead atoms. The van der Waals surface area contributed by atoms with Crippen LogP contribution in [0.25, 0.3) is 89.0 Å². The van der Waals surface area contributed by atoms with Crippen molar-refractivity contribution in [1.29, 1.82) is 0 Å². The molecule has 0 radical (unpaired) electrons. The van der Waals surface area contributed by atoms with Crippen LogP contribution in [0, 0.1) is 0 Å². The van der Waals surface area contributed by atoms with Gasteiger partial charge in [-0.3, -0.25) is 0 Å². The zero-order valence-corrected chi connectivity index (χ0v) is 24.1. The number of nitrogens with zero attached hydrogens (tertiary/aromatic N) is 4. The van der Waals surface area contributed by atoms with E-state index in [2.05, 4.69) is 84.9 Å². The highest BCUT2D eigenvalue weighted by Crippen LogP contribution is 2.36. The lowest BCUT2D eigenvalue weighted by atomic mass is 10.00. The molecule has 0 N–H and O–H groups in total. The second-order valence-electron chi connectivity index (χ2n) is 11.1. The number of rotatable bonds is 4. The summed E-state index contributed by atoms with van der Waals surface area (Å²) in [6.45, 7) is 0. The Kier molecular flexibility index (Phi) is 5.74. The van der Waals surface area contributed by atoms with E-state index in [1.807, 2.05) is 60.7 Å². The summed E-state index contributed by atoms with van der Waals surface area (Å²) in [6.07, 6.45) is 0. The Morgan fingerprint density at radius 1 is 0.400 bits per heavy atom. The van der Waals surface area contributed by atoms with Crippen molar-refractivity contribution >= 4 is 43.6 Å². The Morgan fingerprint density at radius 3 is 1.98 bits per heavy atom. The topological polar surface area (TPSA) is 64.7 Å². The maximum absolute atomic E-state index is 6.19. The summed E-state index contributed by atoms with van der Waals surface area (Å²) >= 11 is 0. The van der Waals surface area contributed by atoms with Gasteiger partial charge in [-0.05, 0) is 52.2 Å².